The maximum Gasteiger partial charge on any atom is 0.323 e. The first-order chi connectivity index (χ1) is 15.0. The first kappa shape index (κ1) is 20.8. The molecule has 0 atom stereocenters. The van der Waals surface area contributed by atoms with Crippen LogP contribution < -0.4 is 20.7 Å². The minimum Gasteiger partial charge on any atom is -0.490 e. The number of aromatic nitrogens is 2. The minimum atomic E-state index is -0.851. The second kappa shape index (κ2) is 9.13. The molecule has 0 unspecified atom stereocenters. The number of hydrogen-bond donors (Lipinski definition) is 3. The van der Waals surface area contributed by atoms with E-state index in [2.05, 4.69) is 21.0 Å². The number of nitrogens with one attached hydrogen (secondary N) is 3. The first-order valence-electron chi connectivity index (χ1n) is 10.0. The lowest BCUT2D eigenvalue weighted by atomic mass is 10.1. The Labute approximate surface area is 178 Å². The van der Waals surface area contributed by atoms with Gasteiger partial charge in [-0.25, -0.2) is 13.6 Å². The van der Waals surface area contributed by atoms with Gasteiger partial charge in [-0.1, -0.05) is 0 Å². The van der Waals surface area contributed by atoms with Crippen LogP contribution in [0, 0.1) is 11.6 Å². The summed E-state index contributed by atoms with van der Waals surface area (Å²) in [4.78, 5) is 12.3. The summed E-state index contributed by atoms with van der Waals surface area (Å²) in [6, 6.07) is 9.48. The van der Waals surface area contributed by atoms with Crippen LogP contribution in [-0.4, -0.2) is 35.0 Å². The zero-order valence-electron chi connectivity index (χ0n) is 17.0. The quantitative estimate of drug-likeness (QED) is 0.572. The van der Waals surface area contributed by atoms with Crippen LogP contribution in [0.3, 0.4) is 0 Å². The van der Waals surface area contributed by atoms with Crippen LogP contribution in [0.2, 0.25) is 0 Å². The average Bonchev–Trinajstić information content (AvgIpc) is 3.18. The van der Waals surface area contributed by atoms with Gasteiger partial charge in [0.1, 0.15) is 23.5 Å². The van der Waals surface area contributed by atoms with Crippen LogP contribution in [0.5, 0.6) is 5.75 Å². The van der Waals surface area contributed by atoms with Crippen molar-refractivity contribution in [3.05, 3.63) is 60.3 Å². The fourth-order valence-corrected chi connectivity index (χ4v) is 3.52. The van der Waals surface area contributed by atoms with Gasteiger partial charge in [0, 0.05) is 30.6 Å². The van der Waals surface area contributed by atoms with Crippen molar-refractivity contribution < 1.29 is 18.3 Å². The van der Waals surface area contributed by atoms with Crippen LogP contribution in [0.15, 0.2) is 48.7 Å². The molecule has 7 nitrogen and oxygen atoms in total. The molecule has 2 aromatic carbocycles. The third-order valence-corrected chi connectivity index (χ3v) is 5.09. The van der Waals surface area contributed by atoms with Crippen molar-refractivity contribution in [3.8, 4) is 17.0 Å². The third kappa shape index (κ3) is 5.00. The zero-order chi connectivity index (χ0) is 21.8. The van der Waals surface area contributed by atoms with Gasteiger partial charge in [-0.15, -0.1) is 0 Å². The van der Waals surface area contributed by atoms with E-state index in [0.29, 0.717) is 17.5 Å². The van der Waals surface area contributed by atoms with Crippen molar-refractivity contribution in [1.82, 2.24) is 15.1 Å². The highest BCUT2D eigenvalue weighted by Crippen LogP contribution is 2.34. The van der Waals surface area contributed by atoms with E-state index >= 15 is 0 Å². The van der Waals surface area contributed by atoms with Crippen molar-refractivity contribution >= 4 is 17.4 Å². The standard InChI is InChI=1S/C22H23F2N5O2/c1-29-20(8-11-26-29)17-13-15(3-5-21(17)31-16-6-9-25-10-7-16)27-22(30)28-19-4-2-14(23)12-18(19)24/h2-5,8,11-13,16,25H,6-7,9-10H2,1H3,(H2,27,28,30). The van der Waals surface area contributed by atoms with E-state index in [-0.39, 0.29) is 11.8 Å². The number of aryl methyl sites for hydroxylation is 1. The largest absolute Gasteiger partial charge is 0.490 e. The topological polar surface area (TPSA) is 80.2 Å². The molecule has 1 fully saturated rings. The maximum absolute atomic E-state index is 13.8. The summed E-state index contributed by atoms with van der Waals surface area (Å²) < 4.78 is 34.8. The first-order valence-corrected chi connectivity index (χ1v) is 10.0. The fraction of sp³-hybridized carbons (Fsp3) is 0.273. The molecule has 0 bridgehead atoms. The number of anilines is 2. The van der Waals surface area contributed by atoms with Crippen molar-refractivity contribution in [2.45, 2.75) is 18.9 Å². The predicted octanol–water partition coefficient (Wildman–Crippen LogP) is 4.14. The van der Waals surface area contributed by atoms with Crippen LogP contribution in [-0.2, 0) is 7.05 Å². The Kier molecular flexibility index (Phi) is 6.13. The zero-order valence-corrected chi connectivity index (χ0v) is 17.0. The van der Waals surface area contributed by atoms with Crippen molar-refractivity contribution in [3.63, 3.8) is 0 Å². The number of carbonyl (C=O) groups excluding carboxylic acids is 1. The lowest BCUT2D eigenvalue weighted by Crippen LogP contribution is -2.34. The van der Waals surface area contributed by atoms with Gasteiger partial charge in [0.15, 0.2) is 0 Å². The number of hydrogen-bond acceptors (Lipinski definition) is 4. The Morgan fingerprint density at radius 1 is 1.13 bits per heavy atom. The number of piperidine rings is 1. The highest BCUT2D eigenvalue weighted by atomic mass is 19.1. The number of benzene rings is 2. The van der Waals surface area contributed by atoms with Gasteiger partial charge in [-0.3, -0.25) is 4.68 Å². The number of urea groups is 1. The van der Waals surface area contributed by atoms with Crippen LogP contribution in [0.4, 0.5) is 25.0 Å². The minimum absolute atomic E-state index is 0.108. The summed E-state index contributed by atoms with van der Waals surface area (Å²) in [5.41, 5.74) is 1.99. The van der Waals surface area contributed by atoms with Gasteiger partial charge in [-0.2, -0.15) is 5.10 Å². The number of nitrogens with zero attached hydrogens (tertiary/aromatic N) is 2. The molecule has 3 N–H and O–H groups in total. The number of amides is 2. The molecule has 31 heavy (non-hydrogen) atoms. The number of ether oxygens (including phenoxy) is 1. The molecule has 162 valence electrons. The van der Waals surface area contributed by atoms with E-state index in [1.54, 1.807) is 29.1 Å². The van der Waals surface area contributed by atoms with Crippen molar-refractivity contribution in [2.24, 2.45) is 7.05 Å². The van der Waals surface area contributed by atoms with Gasteiger partial charge in [0.2, 0.25) is 0 Å². The molecule has 0 saturated carbocycles. The van der Waals surface area contributed by atoms with Crippen LogP contribution in [0.1, 0.15) is 12.8 Å². The fourth-order valence-electron chi connectivity index (χ4n) is 3.52. The lowest BCUT2D eigenvalue weighted by molar-refractivity contribution is 0.163. The molecule has 9 heteroatoms. The van der Waals surface area contributed by atoms with E-state index in [4.69, 9.17) is 4.74 Å². The summed E-state index contributed by atoms with van der Waals surface area (Å²) in [7, 11) is 1.83. The molecule has 3 aromatic rings. The molecule has 1 aliphatic heterocycles. The third-order valence-electron chi connectivity index (χ3n) is 5.09. The molecule has 2 heterocycles. The molecule has 0 spiro atoms. The number of rotatable bonds is 5. The van der Waals surface area contributed by atoms with E-state index in [9.17, 15) is 13.6 Å². The lowest BCUT2D eigenvalue weighted by Gasteiger charge is -2.25. The molecule has 1 aromatic heterocycles. The smallest absolute Gasteiger partial charge is 0.323 e. The second-order valence-electron chi connectivity index (χ2n) is 7.32. The SMILES string of the molecule is Cn1nccc1-c1cc(NC(=O)Nc2ccc(F)cc2F)ccc1OC1CCNCC1. The predicted molar refractivity (Wildman–Crippen MR) is 114 cm³/mol. The van der Waals surface area contributed by atoms with Crippen LogP contribution >= 0.6 is 0 Å². The van der Waals surface area contributed by atoms with Gasteiger partial charge in [0.25, 0.3) is 0 Å². The number of halogens is 2. The van der Waals surface area contributed by atoms with E-state index in [1.165, 1.54) is 6.07 Å². The Morgan fingerprint density at radius 2 is 1.94 bits per heavy atom. The molecule has 0 radical (unpaired) electrons. The van der Waals surface area contributed by atoms with Gasteiger partial charge >= 0.3 is 6.03 Å². The molecule has 0 aliphatic carbocycles. The molecule has 2 amide bonds. The van der Waals surface area contributed by atoms with E-state index in [1.807, 2.05) is 13.1 Å². The van der Waals surface area contributed by atoms with Crippen molar-refractivity contribution in [1.29, 1.82) is 0 Å². The monoisotopic (exact) mass is 427 g/mol. The molecule has 4 rings (SSSR count). The van der Waals surface area contributed by atoms with Gasteiger partial charge < -0.3 is 20.7 Å². The molecule has 1 saturated heterocycles. The maximum atomic E-state index is 13.8. The Hall–Kier alpha value is -3.46. The van der Waals surface area contributed by atoms with E-state index < -0.39 is 17.7 Å². The van der Waals surface area contributed by atoms with Crippen LogP contribution in [0.25, 0.3) is 11.3 Å². The summed E-state index contributed by atoms with van der Waals surface area (Å²) in [5, 5.41) is 12.6. The molecular weight excluding hydrogens is 404 g/mol. The number of carbonyl (C=O) groups is 1. The average molecular weight is 427 g/mol. The Morgan fingerprint density at radius 3 is 2.65 bits per heavy atom. The summed E-state index contributed by atoms with van der Waals surface area (Å²) in [6.07, 6.45) is 3.62. The highest BCUT2D eigenvalue weighted by molar-refractivity contribution is 6.00. The molecular formula is C22H23F2N5O2. The van der Waals surface area contributed by atoms with Gasteiger partial charge in [0.05, 0.1) is 11.4 Å². The Balaban J connectivity index is 1.55. The highest BCUT2D eigenvalue weighted by Gasteiger charge is 2.19. The van der Waals surface area contributed by atoms with Crippen molar-refractivity contribution in [2.75, 3.05) is 23.7 Å². The molecule has 1 aliphatic rings. The summed E-state index contributed by atoms with van der Waals surface area (Å²) >= 11 is 0. The van der Waals surface area contributed by atoms with E-state index in [0.717, 1.165) is 43.3 Å². The second-order valence-corrected chi connectivity index (χ2v) is 7.32. The normalized spacial score (nSPS) is 14.3. The van der Waals surface area contributed by atoms with Gasteiger partial charge in [-0.05, 0) is 62.3 Å². The Bertz CT molecular complexity index is 1080. The summed E-state index contributed by atoms with van der Waals surface area (Å²) in [6.45, 7) is 1.82. The summed E-state index contributed by atoms with van der Waals surface area (Å²) in [5.74, 6) is -0.865.